The van der Waals surface area contributed by atoms with Gasteiger partial charge in [-0.15, -0.1) is 0 Å². The van der Waals surface area contributed by atoms with Gasteiger partial charge in [0.05, 0.1) is 44.1 Å². The van der Waals surface area contributed by atoms with E-state index in [-0.39, 0.29) is 0 Å². The lowest BCUT2D eigenvalue weighted by Gasteiger charge is -1.98. The van der Waals surface area contributed by atoms with E-state index in [2.05, 4.69) is 19.9 Å². The first-order chi connectivity index (χ1) is 15.9. The van der Waals surface area contributed by atoms with E-state index in [0.29, 0.717) is 0 Å². The van der Waals surface area contributed by atoms with E-state index >= 15 is 0 Å². The van der Waals surface area contributed by atoms with Crippen molar-refractivity contribution in [2.45, 2.75) is 0 Å². The van der Waals surface area contributed by atoms with Crippen LogP contribution in [0.5, 0.6) is 0 Å². The normalized spacial score (nSPS) is 11.0. The summed E-state index contributed by atoms with van der Waals surface area (Å²) in [5.41, 5.74) is 7.60. The van der Waals surface area contributed by atoms with Crippen LogP contribution in [-0.2, 0) is 10.4 Å². The van der Waals surface area contributed by atoms with Gasteiger partial charge in [-0.25, -0.2) is 19.9 Å². The molecule has 2 N–H and O–H groups in total. The first-order valence-electron chi connectivity index (χ1n) is 9.80. The molecule has 0 fully saturated rings. The third kappa shape index (κ3) is 6.01. The van der Waals surface area contributed by atoms with Crippen LogP contribution in [0, 0.1) is 0 Å². The number of hydrogen-bond acceptors (Lipinski definition) is 6. The summed E-state index contributed by atoms with van der Waals surface area (Å²) in [6.07, 6.45) is 0. The predicted molar refractivity (Wildman–Crippen MR) is 128 cm³/mol. The highest BCUT2D eigenvalue weighted by atomic mass is 32.3. The van der Waals surface area contributed by atoms with Gasteiger partial charge in [0.2, 0.25) is 0 Å². The molecule has 6 aromatic rings. The number of nitrogens with zero attached hydrogens (tertiary/aromatic N) is 4. The van der Waals surface area contributed by atoms with Crippen molar-refractivity contribution in [3.8, 4) is 0 Å². The molecule has 0 saturated carbocycles. The van der Waals surface area contributed by atoms with Gasteiger partial charge in [0.1, 0.15) is 0 Å². The van der Waals surface area contributed by atoms with Crippen molar-refractivity contribution in [3.63, 3.8) is 0 Å². The highest BCUT2D eigenvalue weighted by Gasteiger charge is 1.99. The van der Waals surface area contributed by atoms with Crippen molar-refractivity contribution in [3.05, 3.63) is 97.1 Å². The smallest absolute Gasteiger partial charge is 0.264 e. The summed E-state index contributed by atoms with van der Waals surface area (Å²) < 4.78 is 31.6. The van der Waals surface area contributed by atoms with Crippen molar-refractivity contribution in [2.24, 2.45) is 0 Å². The van der Waals surface area contributed by atoms with Crippen LogP contribution < -0.4 is 0 Å². The molecule has 2 aromatic heterocycles. The van der Waals surface area contributed by atoms with Gasteiger partial charge in [0.25, 0.3) is 0 Å². The predicted octanol–water partition coefficient (Wildman–Crippen LogP) is 4.91. The number of para-hydroxylation sites is 8. The summed E-state index contributed by atoms with van der Waals surface area (Å²) in [5, 5.41) is 0. The van der Waals surface area contributed by atoms with E-state index in [1.54, 1.807) is 0 Å². The standard InChI is InChI=1S/2C12H8N2.H2O4S/c2*1-2-6-10-9(5-1)13-11-7-3-4-8-12(11)14-10;1-5(2,3)4/h2*1-8H;(H2,1,2,3,4). The second kappa shape index (κ2) is 9.61. The molecule has 33 heavy (non-hydrogen) atoms. The molecule has 0 radical (unpaired) electrons. The highest BCUT2D eigenvalue weighted by Crippen LogP contribution is 2.15. The first kappa shape index (κ1) is 22.2. The fourth-order valence-electron chi connectivity index (χ4n) is 3.13. The molecule has 0 amide bonds. The molecular formula is C24H18N4O4S. The highest BCUT2D eigenvalue weighted by molar-refractivity contribution is 7.79. The van der Waals surface area contributed by atoms with E-state index in [0.717, 1.165) is 44.1 Å². The maximum Gasteiger partial charge on any atom is 0.394 e. The first-order valence-corrected chi connectivity index (χ1v) is 11.2. The fraction of sp³-hybridized carbons (Fsp3) is 0. The third-order valence-electron chi connectivity index (χ3n) is 4.49. The number of aromatic nitrogens is 4. The van der Waals surface area contributed by atoms with E-state index in [1.165, 1.54) is 0 Å². The minimum Gasteiger partial charge on any atom is -0.264 e. The van der Waals surface area contributed by atoms with Crippen molar-refractivity contribution in [1.82, 2.24) is 19.9 Å². The Morgan fingerprint density at radius 3 is 0.636 bits per heavy atom. The fourth-order valence-corrected chi connectivity index (χ4v) is 3.13. The topological polar surface area (TPSA) is 126 Å². The van der Waals surface area contributed by atoms with Gasteiger partial charge >= 0.3 is 10.4 Å². The molecule has 0 aliphatic heterocycles. The molecular weight excluding hydrogens is 440 g/mol. The monoisotopic (exact) mass is 458 g/mol. The Labute approximate surface area is 189 Å². The Hall–Kier alpha value is -4.05. The molecule has 8 nitrogen and oxygen atoms in total. The van der Waals surface area contributed by atoms with Crippen LogP contribution in [0.25, 0.3) is 44.1 Å². The van der Waals surface area contributed by atoms with Gasteiger partial charge < -0.3 is 0 Å². The molecule has 0 bridgehead atoms. The zero-order chi connectivity index (χ0) is 23.3. The summed E-state index contributed by atoms with van der Waals surface area (Å²) in [5.74, 6) is 0. The van der Waals surface area contributed by atoms with Gasteiger partial charge in [0.15, 0.2) is 0 Å². The Morgan fingerprint density at radius 1 is 0.394 bits per heavy atom. The number of benzene rings is 4. The van der Waals surface area contributed by atoms with Crippen LogP contribution in [0.1, 0.15) is 0 Å². The van der Waals surface area contributed by atoms with Gasteiger partial charge in [-0.1, -0.05) is 48.5 Å². The Kier molecular flexibility index (Phi) is 6.45. The molecule has 6 rings (SSSR count). The van der Waals surface area contributed by atoms with Crippen LogP contribution in [0.15, 0.2) is 97.1 Å². The van der Waals surface area contributed by atoms with Crippen molar-refractivity contribution in [1.29, 1.82) is 0 Å². The molecule has 9 heteroatoms. The van der Waals surface area contributed by atoms with Crippen molar-refractivity contribution >= 4 is 54.5 Å². The molecule has 0 spiro atoms. The summed E-state index contributed by atoms with van der Waals surface area (Å²) in [6, 6.07) is 31.7. The number of fused-ring (bicyclic) bond motifs is 4. The maximum atomic E-state index is 8.74. The summed E-state index contributed by atoms with van der Waals surface area (Å²) in [6.45, 7) is 0. The van der Waals surface area contributed by atoms with Gasteiger partial charge in [0, 0.05) is 0 Å². The molecule has 164 valence electrons. The molecule has 4 aromatic carbocycles. The molecule has 0 aliphatic carbocycles. The molecule has 0 aliphatic rings. The van der Waals surface area contributed by atoms with E-state index in [1.807, 2.05) is 97.1 Å². The zero-order valence-corrected chi connectivity index (χ0v) is 18.0. The lowest BCUT2D eigenvalue weighted by Crippen LogP contribution is -1.89. The zero-order valence-electron chi connectivity index (χ0n) is 17.1. The average molecular weight is 458 g/mol. The van der Waals surface area contributed by atoms with E-state index in [9.17, 15) is 0 Å². The van der Waals surface area contributed by atoms with Gasteiger partial charge in [-0.2, -0.15) is 8.42 Å². The molecule has 0 saturated heterocycles. The van der Waals surface area contributed by atoms with Crippen molar-refractivity contribution < 1.29 is 17.5 Å². The Balaban J connectivity index is 0.000000132. The van der Waals surface area contributed by atoms with Crippen molar-refractivity contribution in [2.75, 3.05) is 0 Å². The van der Waals surface area contributed by atoms with E-state index < -0.39 is 10.4 Å². The van der Waals surface area contributed by atoms with Crippen LogP contribution in [-0.4, -0.2) is 37.5 Å². The van der Waals surface area contributed by atoms with E-state index in [4.69, 9.17) is 17.5 Å². The van der Waals surface area contributed by atoms with Crippen LogP contribution >= 0.6 is 0 Å². The molecule has 2 heterocycles. The number of rotatable bonds is 0. The lowest BCUT2D eigenvalue weighted by molar-refractivity contribution is 0.381. The van der Waals surface area contributed by atoms with Crippen LogP contribution in [0.3, 0.4) is 0 Å². The summed E-state index contributed by atoms with van der Waals surface area (Å²) >= 11 is 0. The molecule has 0 unspecified atom stereocenters. The second-order valence-corrected chi connectivity index (χ2v) is 7.75. The second-order valence-electron chi connectivity index (χ2n) is 6.85. The summed E-state index contributed by atoms with van der Waals surface area (Å²) in [4.78, 5) is 18.1. The largest absolute Gasteiger partial charge is 0.394 e. The maximum absolute atomic E-state index is 8.74. The van der Waals surface area contributed by atoms with Gasteiger partial charge in [-0.3, -0.25) is 9.11 Å². The van der Waals surface area contributed by atoms with Crippen LogP contribution in [0.2, 0.25) is 0 Å². The quantitative estimate of drug-likeness (QED) is 0.243. The van der Waals surface area contributed by atoms with Gasteiger partial charge in [-0.05, 0) is 48.5 Å². The Bertz CT molecular complexity index is 1340. The minimum atomic E-state index is -4.67. The lowest BCUT2D eigenvalue weighted by atomic mass is 10.2. The number of hydrogen-bond donors (Lipinski definition) is 2. The average Bonchev–Trinajstić information content (AvgIpc) is 2.81. The third-order valence-corrected chi connectivity index (χ3v) is 4.49. The molecule has 0 atom stereocenters. The van der Waals surface area contributed by atoms with Crippen LogP contribution in [0.4, 0.5) is 0 Å². The summed E-state index contributed by atoms with van der Waals surface area (Å²) in [7, 11) is -4.67. The SMILES string of the molecule is O=S(=O)(O)O.c1ccc2nc3ccccc3nc2c1.c1ccc2nc3ccccc3nc2c1. The minimum absolute atomic E-state index is 0.950. The Morgan fingerprint density at radius 2 is 0.515 bits per heavy atom.